The van der Waals surface area contributed by atoms with E-state index in [1.807, 2.05) is 18.2 Å². The molecule has 1 atom stereocenters. The van der Waals surface area contributed by atoms with E-state index in [1.54, 1.807) is 31.2 Å². The van der Waals surface area contributed by atoms with Gasteiger partial charge in [-0.25, -0.2) is 4.79 Å². The highest BCUT2D eigenvalue weighted by Crippen LogP contribution is 2.32. The molecule has 0 unspecified atom stereocenters. The zero-order valence-corrected chi connectivity index (χ0v) is 15.1. The van der Waals surface area contributed by atoms with Crippen LogP contribution in [0, 0.1) is 0 Å². The van der Waals surface area contributed by atoms with Gasteiger partial charge in [0, 0.05) is 25.0 Å². The maximum absolute atomic E-state index is 12.1. The van der Waals surface area contributed by atoms with Crippen molar-refractivity contribution >= 4 is 23.3 Å². The molecule has 1 aliphatic heterocycles. The minimum absolute atomic E-state index is 0.211. The first-order chi connectivity index (χ1) is 13.0. The number of carbonyl (C=O) groups excluding carboxylic acids is 2. The molecule has 0 radical (unpaired) electrons. The lowest BCUT2D eigenvalue weighted by Crippen LogP contribution is -2.28. The van der Waals surface area contributed by atoms with E-state index in [1.165, 1.54) is 7.11 Å². The molecular formula is C19H21N3O5. The molecule has 2 aromatic rings. The molecule has 8 nitrogen and oxygen atoms in total. The quantitative estimate of drug-likeness (QED) is 0.725. The van der Waals surface area contributed by atoms with Crippen LogP contribution in [0.2, 0.25) is 0 Å². The average Bonchev–Trinajstić information content (AvgIpc) is 3.13. The van der Waals surface area contributed by atoms with Gasteiger partial charge in [-0.2, -0.15) is 0 Å². The van der Waals surface area contributed by atoms with Crippen LogP contribution in [0.5, 0.6) is 11.5 Å². The molecule has 8 heteroatoms. The SMILES string of the molecule is CO[C@@H](C)C(=O)Nc1cccc(NC(=O)NCc2ccc3c(c2)OCO3)c1. The first-order valence-electron chi connectivity index (χ1n) is 8.42. The molecule has 3 amide bonds. The number of methoxy groups -OCH3 is 1. The van der Waals surface area contributed by atoms with Crippen LogP contribution < -0.4 is 25.4 Å². The van der Waals surface area contributed by atoms with E-state index in [2.05, 4.69) is 16.0 Å². The standard InChI is InChI=1S/C19H21N3O5/c1-12(25-2)18(23)21-14-4-3-5-15(9-14)22-19(24)20-10-13-6-7-16-17(8-13)27-11-26-16/h3-9,12H,10-11H2,1-2H3,(H,21,23)(H2,20,22,24)/t12-/m0/s1. The Hall–Kier alpha value is -3.26. The maximum Gasteiger partial charge on any atom is 0.319 e. The molecule has 3 N–H and O–H groups in total. The lowest BCUT2D eigenvalue weighted by Gasteiger charge is -2.12. The van der Waals surface area contributed by atoms with E-state index in [0.717, 1.165) is 5.56 Å². The van der Waals surface area contributed by atoms with Gasteiger partial charge in [0.25, 0.3) is 5.91 Å². The number of anilines is 2. The number of carbonyl (C=O) groups is 2. The average molecular weight is 371 g/mol. The summed E-state index contributed by atoms with van der Waals surface area (Å²) in [7, 11) is 1.46. The van der Waals surface area contributed by atoms with Gasteiger partial charge in [-0.15, -0.1) is 0 Å². The van der Waals surface area contributed by atoms with Crippen LogP contribution >= 0.6 is 0 Å². The van der Waals surface area contributed by atoms with Crippen molar-refractivity contribution in [2.24, 2.45) is 0 Å². The third-order valence-corrected chi connectivity index (χ3v) is 4.00. The third kappa shape index (κ3) is 4.89. The van der Waals surface area contributed by atoms with E-state index >= 15 is 0 Å². The van der Waals surface area contributed by atoms with Crippen LogP contribution in [-0.2, 0) is 16.1 Å². The van der Waals surface area contributed by atoms with Crippen molar-refractivity contribution in [1.82, 2.24) is 5.32 Å². The summed E-state index contributed by atoms with van der Waals surface area (Å²) in [6.45, 7) is 2.20. The molecule has 0 bridgehead atoms. The van der Waals surface area contributed by atoms with Crippen LogP contribution in [-0.4, -0.2) is 31.9 Å². The topological polar surface area (TPSA) is 97.9 Å². The predicted octanol–water partition coefficient (Wildman–Crippen LogP) is 2.71. The van der Waals surface area contributed by atoms with Crippen molar-refractivity contribution in [2.75, 3.05) is 24.5 Å². The second kappa shape index (κ2) is 8.41. The van der Waals surface area contributed by atoms with Crippen molar-refractivity contribution < 1.29 is 23.8 Å². The Kier molecular flexibility index (Phi) is 5.77. The Morgan fingerprint density at radius 3 is 2.59 bits per heavy atom. The van der Waals surface area contributed by atoms with Gasteiger partial charge in [0.1, 0.15) is 6.10 Å². The summed E-state index contributed by atoms with van der Waals surface area (Å²) in [6, 6.07) is 12.0. The zero-order valence-electron chi connectivity index (χ0n) is 15.1. The first kappa shape index (κ1) is 18.5. The van der Waals surface area contributed by atoms with Gasteiger partial charge in [0.2, 0.25) is 6.79 Å². The lowest BCUT2D eigenvalue weighted by atomic mass is 10.2. The summed E-state index contributed by atoms with van der Waals surface area (Å²) in [5.41, 5.74) is 2.02. The molecule has 0 aromatic heterocycles. The van der Waals surface area contributed by atoms with Gasteiger partial charge in [-0.1, -0.05) is 12.1 Å². The number of nitrogens with one attached hydrogen (secondary N) is 3. The van der Waals surface area contributed by atoms with Crippen LogP contribution in [0.3, 0.4) is 0 Å². The minimum atomic E-state index is -0.563. The van der Waals surface area contributed by atoms with Crippen LogP contribution in [0.1, 0.15) is 12.5 Å². The molecule has 0 saturated heterocycles. The largest absolute Gasteiger partial charge is 0.454 e. The van der Waals surface area contributed by atoms with Crippen molar-refractivity contribution in [3.8, 4) is 11.5 Å². The van der Waals surface area contributed by atoms with Crippen molar-refractivity contribution in [1.29, 1.82) is 0 Å². The van der Waals surface area contributed by atoms with Gasteiger partial charge in [-0.3, -0.25) is 4.79 Å². The van der Waals surface area contributed by atoms with Crippen molar-refractivity contribution in [2.45, 2.75) is 19.6 Å². The number of benzene rings is 2. The first-order valence-corrected chi connectivity index (χ1v) is 8.42. The Bertz CT molecular complexity index is 840. The number of urea groups is 1. The Morgan fingerprint density at radius 2 is 1.81 bits per heavy atom. The van der Waals surface area contributed by atoms with Crippen molar-refractivity contribution in [3.63, 3.8) is 0 Å². The van der Waals surface area contributed by atoms with Crippen LogP contribution in [0.4, 0.5) is 16.2 Å². The zero-order chi connectivity index (χ0) is 19.2. The molecule has 2 aromatic carbocycles. The molecule has 0 saturated carbocycles. The van der Waals surface area contributed by atoms with E-state index < -0.39 is 6.10 Å². The fraction of sp³-hybridized carbons (Fsp3) is 0.263. The van der Waals surface area contributed by atoms with Crippen molar-refractivity contribution in [3.05, 3.63) is 48.0 Å². The molecule has 0 spiro atoms. The fourth-order valence-corrected chi connectivity index (χ4v) is 2.43. The van der Waals surface area contributed by atoms with E-state index in [9.17, 15) is 9.59 Å². The summed E-state index contributed by atoms with van der Waals surface area (Å²) in [4.78, 5) is 24.0. The van der Waals surface area contributed by atoms with E-state index in [0.29, 0.717) is 29.4 Å². The number of rotatable bonds is 6. The Labute approximate surface area is 156 Å². The summed E-state index contributed by atoms with van der Waals surface area (Å²) in [5, 5.41) is 8.23. The molecule has 142 valence electrons. The molecule has 0 aliphatic carbocycles. The van der Waals surface area contributed by atoms with E-state index in [-0.39, 0.29) is 18.7 Å². The van der Waals surface area contributed by atoms with E-state index in [4.69, 9.17) is 14.2 Å². The fourth-order valence-electron chi connectivity index (χ4n) is 2.43. The molecule has 27 heavy (non-hydrogen) atoms. The highest BCUT2D eigenvalue weighted by atomic mass is 16.7. The van der Waals surface area contributed by atoms with Crippen LogP contribution in [0.25, 0.3) is 0 Å². The number of hydrogen-bond acceptors (Lipinski definition) is 5. The maximum atomic E-state index is 12.1. The third-order valence-electron chi connectivity index (χ3n) is 4.00. The number of amides is 3. The second-order valence-corrected chi connectivity index (χ2v) is 5.94. The molecule has 1 heterocycles. The van der Waals surface area contributed by atoms with Gasteiger partial charge in [-0.05, 0) is 42.8 Å². The predicted molar refractivity (Wildman–Crippen MR) is 100.0 cm³/mol. The summed E-state index contributed by atoms with van der Waals surface area (Å²) < 4.78 is 15.5. The smallest absolute Gasteiger partial charge is 0.319 e. The highest BCUT2D eigenvalue weighted by Gasteiger charge is 2.14. The summed E-state index contributed by atoms with van der Waals surface area (Å²) >= 11 is 0. The summed E-state index contributed by atoms with van der Waals surface area (Å²) in [5.74, 6) is 1.11. The normalized spacial score (nSPS) is 13.0. The lowest BCUT2D eigenvalue weighted by molar-refractivity contribution is -0.124. The Balaban J connectivity index is 1.53. The molecular weight excluding hydrogens is 350 g/mol. The van der Waals surface area contributed by atoms with Gasteiger partial charge in [0.15, 0.2) is 11.5 Å². The molecule has 3 rings (SSSR count). The van der Waals surface area contributed by atoms with Gasteiger partial charge >= 0.3 is 6.03 Å². The van der Waals surface area contributed by atoms with Gasteiger partial charge < -0.3 is 30.2 Å². The molecule has 1 aliphatic rings. The van der Waals surface area contributed by atoms with Gasteiger partial charge in [0.05, 0.1) is 0 Å². The summed E-state index contributed by atoms with van der Waals surface area (Å²) in [6.07, 6.45) is -0.563. The number of hydrogen-bond donors (Lipinski definition) is 3. The monoisotopic (exact) mass is 371 g/mol. The number of fused-ring (bicyclic) bond motifs is 1. The van der Waals surface area contributed by atoms with Crippen LogP contribution in [0.15, 0.2) is 42.5 Å². The minimum Gasteiger partial charge on any atom is -0.454 e. The second-order valence-electron chi connectivity index (χ2n) is 5.94. The highest BCUT2D eigenvalue weighted by molar-refractivity contribution is 5.95. The number of ether oxygens (including phenoxy) is 3. The molecule has 0 fully saturated rings. The Morgan fingerprint density at radius 1 is 1.07 bits per heavy atom.